The SMILES string of the molecule is CC(=O)OC1=C2CSCN2CN1. The molecular weight excluding hydrogens is 176 g/mol. The molecule has 1 N–H and O–H groups in total. The minimum absolute atomic E-state index is 0.260. The van der Waals surface area contributed by atoms with Crippen LogP contribution in [0.25, 0.3) is 0 Å². The Morgan fingerprint density at radius 3 is 3.33 bits per heavy atom. The van der Waals surface area contributed by atoms with Crippen LogP contribution in [0.4, 0.5) is 0 Å². The fourth-order valence-electron chi connectivity index (χ4n) is 1.28. The molecule has 0 aliphatic carbocycles. The molecule has 5 heteroatoms. The van der Waals surface area contributed by atoms with E-state index < -0.39 is 0 Å². The summed E-state index contributed by atoms with van der Waals surface area (Å²) in [5.41, 5.74) is 1.12. The summed E-state index contributed by atoms with van der Waals surface area (Å²) in [6, 6.07) is 0. The molecule has 0 saturated carbocycles. The van der Waals surface area contributed by atoms with Crippen LogP contribution in [-0.4, -0.2) is 29.2 Å². The highest BCUT2D eigenvalue weighted by molar-refractivity contribution is 7.99. The number of hydrogen-bond acceptors (Lipinski definition) is 5. The van der Waals surface area contributed by atoms with Crippen molar-refractivity contribution in [3.8, 4) is 0 Å². The molecule has 0 amide bonds. The molecule has 0 spiro atoms. The van der Waals surface area contributed by atoms with E-state index in [0.717, 1.165) is 24.0 Å². The van der Waals surface area contributed by atoms with Crippen molar-refractivity contribution >= 4 is 17.7 Å². The summed E-state index contributed by atoms with van der Waals surface area (Å²) in [5.74, 6) is 2.32. The summed E-state index contributed by atoms with van der Waals surface area (Å²) < 4.78 is 5.00. The van der Waals surface area contributed by atoms with Crippen LogP contribution in [0.15, 0.2) is 11.6 Å². The van der Waals surface area contributed by atoms with Crippen LogP contribution in [0.2, 0.25) is 0 Å². The molecule has 66 valence electrons. The van der Waals surface area contributed by atoms with Gasteiger partial charge in [0.15, 0.2) is 0 Å². The van der Waals surface area contributed by atoms with Crippen LogP contribution in [0, 0.1) is 0 Å². The van der Waals surface area contributed by atoms with Gasteiger partial charge in [-0.15, -0.1) is 11.8 Å². The first-order valence-electron chi connectivity index (χ1n) is 3.75. The number of nitrogens with zero attached hydrogens (tertiary/aromatic N) is 1. The van der Waals surface area contributed by atoms with Crippen LogP contribution in [0.1, 0.15) is 6.92 Å². The highest BCUT2D eigenvalue weighted by atomic mass is 32.2. The van der Waals surface area contributed by atoms with Crippen molar-refractivity contribution in [3.63, 3.8) is 0 Å². The summed E-state index contributed by atoms with van der Waals surface area (Å²) in [6.45, 7) is 2.19. The van der Waals surface area contributed by atoms with E-state index >= 15 is 0 Å². The van der Waals surface area contributed by atoms with Gasteiger partial charge in [-0.05, 0) is 0 Å². The number of rotatable bonds is 1. The monoisotopic (exact) mass is 186 g/mol. The quantitative estimate of drug-likeness (QED) is 0.596. The highest BCUT2D eigenvalue weighted by Gasteiger charge is 2.28. The standard InChI is InChI=1S/C7H10N2O2S/c1-5(10)11-7-6-2-12-4-9(6)3-8-7/h8H,2-4H2,1H3. The van der Waals surface area contributed by atoms with E-state index in [9.17, 15) is 4.79 Å². The predicted molar refractivity (Wildman–Crippen MR) is 46.0 cm³/mol. The van der Waals surface area contributed by atoms with E-state index in [4.69, 9.17) is 4.74 Å². The summed E-state index contributed by atoms with van der Waals surface area (Å²) in [6.07, 6.45) is 0. The minimum Gasteiger partial charge on any atom is -0.408 e. The van der Waals surface area contributed by atoms with Gasteiger partial charge in [0.1, 0.15) is 0 Å². The van der Waals surface area contributed by atoms with Crippen molar-refractivity contribution in [1.29, 1.82) is 0 Å². The normalized spacial score (nSPS) is 20.9. The molecule has 2 aliphatic rings. The third kappa shape index (κ3) is 1.24. The van der Waals surface area contributed by atoms with Crippen molar-refractivity contribution in [2.75, 3.05) is 18.3 Å². The van der Waals surface area contributed by atoms with Gasteiger partial charge in [-0.25, -0.2) is 0 Å². The number of carbonyl (C=O) groups is 1. The van der Waals surface area contributed by atoms with Crippen molar-refractivity contribution < 1.29 is 9.53 Å². The summed E-state index contributed by atoms with van der Waals surface area (Å²) in [5, 5.41) is 3.04. The molecule has 1 fully saturated rings. The molecule has 0 bridgehead atoms. The van der Waals surface area contributed by atoms with Gasteiger partial charge in [0.05, 0.1) is 18.2 Å². The molecular formula is C7H10N2O2S. The van der Waals surface area contributed by atoms with Crippen LogP contribution < -0.4 is 5.32 Å². The second-order valence-corrected chi connectivity index (χ2v) is 3.68. The molecule has 0 atom stereocenters. The Labute approximate surface area is 74.9 Å². The van der Waals surface area contributed by atoms with Crippen molar-refractivity contribution in [2.45, 2.75) is 6.92 Å². The number of thioether (sulfide) groups is 1. The Balaban J connectivity index is 2.13. The van der Waals surface area contributed by atoms with E-state index in [1.165, 1.54) is 6.92 Å². The van der Waals surface area contributed by atoms with Crippen LogP contribution >= 0.6 is 11.8 Å². The molecule has 0 aromatic rings. The maximum atomic E-state index is 10.7. The molecule has 2 rings (SSSR count). The van der Waals surface area contributed by atoms with Crippen molar-refractivity contribution in [3.05, 3.63) is 11.6 Å². The fraction of sp³-hybridized carbons (Fsp3) is 0.571. The van der Waals surface area contributed by atoms with E-state index in [1.54, 1.807) is 0 Å². The first-order valence-corrected chi connectivity index (χ1v) is 4.91. The lowest BCUT2D eigenvalue weighted by molar-refractivity contribution is -0.137. The lowest BCUT2D eigenvalue weighted by atomic mass is 10.5. The molecule has 0 aromatic heterocycles. The molecule has 0 radical (unpaired) electrons. The second-order valence-electron chi connectivity index (χ2n) is 2.72. The Hall–Kier alpha value is -0.840. The highest BCUT2D eigenvalue weighted by Crippen LogP contribution is 2.28. The van der Waals surface area contributed by atoms with Gasteiger partial charge in [-0.2, -0.15) is 0 Å². The van der Waals surface area contributed by atoms with Gasteiger partial charge in [0.2, 0.25) is 5.88 Å². The molecule has 4 nitrogen and oxygen atoms in total. The number of hydrogen-bond donors (Lipinski definition) is 1. The van der Waals surface area contributed by atoms with Gasteiger partial charge in [0.25, 0.3) is 0 Å². The number of ether oxygens (including phenoxy) is 1. The number of fused-ring (bicyclic) bond motifs is 1. The zero-order valence-corrected chi connectivity index (χ0v) is 7.61. The molecule has 2 aliphatic heterocycles. The first kappa shape index (κ1) is 7.79. The average Bonchev–Trinajstić information content (AvgIpc) is 2.52. The van der Waals surface area contributed by atoms with E-state index in [-0.39, 0.29) is 5.97 Å². The van der Waals surface area contributed by atoms with Crippen LogP contribution in [0.3, 0.4) is 0 Å². The lowest BCUT2D eigenvalue weighted by Gasteiger charge is -2.07. The predicted octanol–water partition coefficient (Wildman–Crippen LogP) is 0.286. The number of nitrogens with one attached hydrogen (secondary N) is 1. The van der Waals surface area contributed by atoms with Gasteiger partial charge in [-0.3, -0.25) is 4.79 Å². The van der Waals surface area contributed by atoms with Gasteiger partial charge < -0.3 is 15.0 Å². The summed E-state index contributed by atoms with van der Waals surface area (Å²) in [7, 11) is 0. The first-order chi connectivity index (χ1) is 5.77. The summed E-state index contributed by atoms with van der Waals surface area (Å²) in [4.78, 5) is 12.8. The largest absolute Gasteiger partial charge is 0.408 e. The molecule has 2 heterocycles. The molecule has 0 unspecified atom stereocenters. The maximum absolute atomic E-state index is 10.7. The van der Waals surface area contributed by atoms with E-state index in [1.807, 2.05) is 11.8 Å². The van der Waals surface area contributed by atoms with E-state index in [2.05, 4.69) is 10.2 Å². The minimum atomic E-state index is -0.260. The van der Waals surface area contributed by atoms with Crippen LogP contribution in [0.5, 0.6) is 0 Å². The second kappa shape index (κ2) is 2.90. The van der Waals surface area contributed by atoms with E-state index in [0.29, 0.717) is 5.88 Å². The third-order valence-electron chi connectivity index (χ3n) is 1.81. The number of carbonyl (C=O) groups excluding carboxylic acids is 1. The molecule has 12 heavy (non-hydrogen) atoms. The zero-order valence-electron chi connectivity index (χ0n) is 6.79. The van der Waals surface area contributed by atoms with Crippen molar-refractivity contribution in [1.82, 2.24) is 10.2 Å². The Morgan fingerprint density at radius 1 is 1.75 bits per heavy atom. The fourth-order valence-corrected chi connectivity index (χ4v) is 2.35. The zero-order chi connectivity index (χ0) is 8.55. The smallest absolute Gasteiger partial charge is 0.309 e. The molecule has 1 saturated heterocycles. The molecule has 0 aromatic carbocycles. The Bertz CT molecular complexity index is 252. The van der Waals surface area contributed by atoms with Gasteiger partial charge in [0, 0.05) is 12.7 Å². The van der Waals surface area contributed by atoms with Gasteiger partial charge >= 0.3 is 5.97 Å². The topological polar surface area (TPSA) is 41.6 Å². The Morgan fingerprint density at radius 2 is 2.58 bits per heavy atom. The average molecular weight is 186 g/mol. The number of esters is 1. The van der Waals surface area contributed by atoms with Gasteiger partial charge in [-0.1, -0.05) is 0 Å². The van der Waals surface area contributed by atoms with Crippen molar-refractivity contribution in [2.24, 2.45) is 0 Å². The van der Waals surface area contributed by atoms with Crippen LogP contribution in [-0.2, 0) is 9.53 Å². The Kier molecular flexibility index (Phi) is 1.88. The summed E-state index contributed by atoms with van der Waals surface area (Å²) >= 11 is 1.83. The lowest BCUT2D eigenvalue weighted by Crippen LogP contribution is -2.20. The third-order valence-corrected chi connectivity index (χ3v) is 2.78. The maximum Gasteiger partial charge on any atom is 0.309 e.